The summed E-state index contributed by atoms with van der Waals surface area (Å²) in [4.78, 5) is 24.3. The molecule has 0 bridgehead atoms. The summed E-state index contributed by atoms with van der Waals surface area (Å²) >= 11 is 1.94. The highest BCUT2D eigenvalue weighted by Crippen LogP contribution is 2.38. The number of rotatable bonds is 5. The average Bonchev–Trinajstić information content (AvgIpc) is 2.93. The molecule has 4 N–H and O–H groups in total. The van der Waals surface area contributed by atoms with Crippen molar-refractivity contribution in [1.82, 2.24) is 0 Å². The molecule has 0 fully saturated rings. The minimum atomic E-state index is -0.716. The zero-order valence-corrected chi connectivity index (χ0v) is 15.5. The lowest BCUT2D eigenvalue weighted by Crippen LogP contribution is -2.28. The second-order valence-corrected chi connectivity index (χ2v) is 8.24. The number of nitrogens with zero attached hydrogens (tertiary/aromatic N) is 1. The molecule has 0 saturated heterocycles. The zero-order valence-electron chi connectivity index (χ0n) is 13.9. The average molecular weight is 383 g/mol. The summed E-state index contributed by atoms with van der Waals surface area (Å²) in [5, 5.41) is 13.4. The first kappa shape index (κ1) is 19.2. The van der Waals surface area contributed by atoms with Crippen LogP contribution in [0.5, 0.6) is 0 Å². The summed E-state index contributed by atoms with van der Waals surface area (Å²) in [6.07, 6.45) is 0. The third-order valence-electron chi connectivity index (χ3n) is 3.09. The van der Waals surface area contributed by atoms with Crippen LogP contribution in [0, 0.1) is 11.2 Å². The number of benzene rings is 1. The van der Waals surface area contributed by atoms with Crippen molar-refractivity contribution in [3.8, 4) is 0 Å². The monoisotopic (exact) mass is 383 g/mol. The molecule has 1 aromatic heterocycles. The largest absolute Gasteiger partial charge is 0.366 e. The molecule has 2 aromatic rings. The van der Waals surface area contributed by atoms with Crippen LogP contribution in [-0.4, -0.2) is 17.0 Å². The van der Waals surface area contributed by atoms with Crippen LogP contribution in [0.4, 0.5) is 14.4 Å². The third kappa shape index (κ3) is 4.94. The second-order valence-electron chi connectivity index (χ2n) is 6.21. The van der Waals surface area contributed by atoms with E-state index >= 15 is 0 Å². The van der Waals surface area contributed by atoms with E-state index < -0.39 is 11.3 Å². The fourth-order valence-electron chi connectivity index (χ4n) is 1.68. The lowest BCUT2D eigenvalue weighted by molar-refractivity contribution is -0.123. The molecule has 0 atom stereocenters. The lowest BCUT2D eigenvalue weighted by Gasteiger charge is -2.17. The topological polar surface area (TPSA) is 95.7 Å². The molecule has 134 valence electrons. The standard InChI is InChI=1S/C16H18FN3O3S2/c1-16(2,3)15(22)19-14-11(13(18)21)8-12(24-14)20(23)25-10-6-4-9(17)5-7-10/h4-8,23H,1-3H3,(H2,18,21)(H,19,22). The minimum Gasteiger partial charge on any atom is -0.366 e. The van der Waals surface area contributed by atoms with Crippen molar-refractivity contribution >= 4 is 45.1 Å². The predicted molar refractivity (Wildman–Crippen MR) is 97.4 cm³/mol. The molecule has 25 heavy (non-hydrogen) atoms. The van der Waals surface area contributed by atoms with Gasteiger partial charge in [0.15, 0.2) is 0 Å². The molecule has 0 aliphatic heterocycles. The molecule has 0 radical (unpaired) electrons. The number of anilines is 2. The van der Waals surface area contributed by atoms with Crippen LogP contribution in [0.15, 0.2) is 35.2 Å². The molecular weight excluding hydrogens is 365 g/mol. The van der Waals surface area contributed by atoms with Gasteiger partial charge in [0.05, 0.1) is 5.56 Å². The number of carbonyl (C=O) groups is 2. The smallest absolute Gasteiger partial charge is 0.251 e. The molecule has 2 amide bonds. The Balaban J connectivity index is 2.23. The number of hydrogen-bond acceptors (Lipinski definition) is 6. The van der Waals surface area contributed by atoms with Crippen molar-refractivity contribution in [1.29, 1.82) is 0 Å². The van der Waals surface area contributed by atoms with Crippen molar-refractivity contribution in [3.63, 3.8) is 0 Å². The van der Waals surface area contributed by atoms with Crippen LogP contribution < -0.4 is 15.5 Å². The van der Waals surface area contributed by atoms with Gasteiger partial charge >= 0.3 is 0 Å². The highest BCUT2D eigenvalue weighted by molar-refractivity contribution is 8.00. The number of hydrogen-bond donors (Lipinski definition) is 3. The molecule has 0 saturated carbocycles. The summed E-state index contributed by atoms with van der Waals surface area (Å²) in [6.45, 7) is 5.22. The summed E-state index contributed by atoms with van der Waals surface area (Å²) in [5.74, 6) is -1.38. The van der Waals surface area contributed by atoms with Gasteiger partial charge in [0.2, 0.25) is 5.91 Å². The Labute approximate surface area is 152 Å². The Morgan fingerprint density at radius 2 is 1.88 bits per heavy atom. The first-order valence-corrected chi connectivity index (χ1v) is 8.84. The van der Waals surface area contributed by atoms with Crippen LogP contribution in [0.3, 0.4) is 0 Å². The van der Waals surface area contributed by atoms with E-state index in [1.165, 1.54) is 30.3 Å². The van der Waals surface area contributed by atoms with E-state index in [4.69, 9.17) is 5.73 Å². The molecular formula is C16H18FN3O3S2. The number of halogens is 1. The van der Waals surface area contributed by atoms with E-state index in [0.29, 0.717) is 9.90 Å². The summed E-state index contributed by atoms with van der Waals surface area (Å²) < 4.78 is 13.8. The Kier molecular flexibility index (Phi) is 5.71. The van der Waals surface area contributed by atoms with Crippen molar-refractivity contribution in [2.75, 3.05) is 9.79 Å². The van der Waals surface area contributed by atoms with Gasteiger partial charge in [-0.25, -0.2) is 4.39 Å². The maximum Gasteiger partial charge on any atom is 0.251 e. The van der Waals surface area contributed by atoms with Crippen molar-refractivity contribution in [2.45, 2.75) is 25.7 Å². The SMILES string of the molecule is CC(C)(C)C(=O)Nc1sc(N(O)Sc2ccc(F)cc2)cc1C(N)=O. The van der Waals surface area contributed by atoms with Gasteiger partial charge in [0.1, 0.15) is 15.8 Å². The van der Waals surface area contributed by atoms with Crippen LogP contribution in [0.25, 0.3) is 0 Å². The number of nitrogens with one attached hydrogen (secondary N) is 1. The van der Waals surface area contributed by atoms with Crippen molar-refractivity contribution in [3.05, 3.63) is 41.7 Å². The quantitative estimate of drug-likeness (QED) is 0.538. The maximum absolute atomic E-state index is 12.9. The molecule has 1 aromatic carbocycles. The van der Waals surface area contributed by atoms with Crippen LogP contribution in [0.2, 0.25) is 0 Å². The predicted octanol–water partition coefficient (Wildman–Crippen LogP) is 3.87. The Morgan fingerprint density at radius 3 is 2.40 bits per heavy atom. The number of thiophene rings is 1. The fraction of sp³-hybridized carbons (Fsp3) is 0.250. The van der Waals surface area contributed by atoms with Crippen molar-refractivity contribution in [2.24, 2.45) is 11.1 Å². The van der Waals surface area contributed by atoms with Crippen LogP contribution >= 0.6 is 23.3 Å². The van der Waals surface area contributed by atoms with E-state index in [1.807, 2.05) is 0 Å². The van der Waals surface area contributed by atoms with E-state index in [2.05, 4.69) is 5.32 Å². The summed E-state index contributed by atoms with van der Waals surface area (Å²) in [5.41, 5.74) is 4.81. The van der Waals surface area contributed by atoms with Gasteiger partial charge < -0.3 is 11.1 Å². The van der Waals surface area contributed by atoms with E-state index in [0.717, 1.165) is 27.8 Å². The first-order chi connectivity index (χ1) is 11.6. The number of primary amides is 1. The minimum absolute atomic E-state index is 0.108. The fourth-order valence-corrected chi connectivity index (χ4v) is 3.38. The molecule has 0 unspecified atom stereocenters. The van der Waals surface area contributed by atoms with Gasteiger partial charge in [-0.05, 0) is 30.3 Å². The summed E-state index contributed by atoms with van der Waals surface area (Å²) in [6, 6.07) is 6.95. The molecule has 2 rings (SSSR count). The van der Waals surface area contributed by atoms with Gasteiger partial charge in [-0.3, -0.25) is 14.8 Å². The number of nitrogens with two attached hydrogens (primary N) is 1. The third-order valence-corrected chi connectivity index (χ3v) is 5.08. The van der Waals surface area contributed by atoms with Gasteiger partial charge in [0.25, 0.3) is 5.91 Å². The zero-order chi connectivity index (χ0) is 18.8. The first-order valence-electron chi connectivity index (χ1n) is 7.25. The molecule has 0 aliphatic rings. The Morgan fingerprint density at radius 1 is 1.28 bits per heavy atom. The highest BCUT2D eigenvalue weighted by Gasteiger charge is 2.25. The normalized spacial score (nSPS) is 11.2. The second kappa shape index (κ2) is 7.42. The Hall–Kier alpha value is -2.10. The van der Waals surface area contributed by atoms with Crippen molar-refractivity contribution < 1.29 is 19.2 Å². The highest BCUT2D eigenvalue weighted by atomic mass is 32.2. The van der Waals surface area contributed by atoms with Crippen LogP contribution in [0.1, 0.15) is 31.1 Å². The number of amides is 2. The van der Waals surface area contributed by atoms with Gasteiger partial charge in [0, 0.05) is 22.3 Å². The van der Waals surface area contributed by atoms with Gasteiger partial charge in [-0.1, -0.05) is 32.1 Å². The van der Waals surface area contributed by atoms with Gasteiger partial charge in [-0.15, -0.1) is 0 Å². The number of carbonyl (C=O) groups excluding carboxylic acids is 2. The van der Waals surface area contributed by atoms with Gasteiger partial charge in [-0.2, -0.15) is 4.47 Å². The molecule has 0 aliphatic carbocycles. The molecule has 1 heterocycles. The molecule has 9 heteroatoms. The van der Waals surface area contributed by atoms with Crippen LogP contribution in [-0.2, 0) is 4.79 Å². The Bertz CT molecular complexity index is 785. The molecule has 6 nitrogen and oxygen atoms in total. The van der Waals surface area contributed by atoms with E-state index in [9.17, 15) is 19.2 Å². The van der Waals surface area contributed by atoms with E-state index in [-0.39, 0.29) is 22.3 Å². The van der Waals surface area contributed by atoms with E-state index in [1.54, 1.807) is 20.8 Å². The lowest BCUT2D eigenvalue weighted by atomic mass is 9.96. The molecule has 0 spiro atoms. The summed E-state index contributed by atoms with van der Waals surface area (Å²) in [7, 11) is 0. The maximum atomic E-state index is 12.9.